The molecule has 8 nitrogen and oxygen atoms in total. The topological polar surface area (TPSA) is 94.7 Å². The van der Waals surface area contributed by atoms with Crippen LogP contribution in [0.1, 0.15) is 16.1 Å². The number of nitrogens with zero attached hydrogens (tertiary/aromatic N) is 4. The third-order valence-electron chi connectivity index (χ3n) is 4.78. The summed E-state index contributed by atoms with van der Waals surface area (Å²) in [6.45, 7) is 1.66. The molecular weight excluding hydrogens is 370 g/mol. The SMILES string of the molecule is Cc1[nH]c2ccccc2c1C(=O)Cn1c(Cl)nc2c1c(=O)n(C)c(=O)n2C. The van der Waals surface area contributed by atoms with E-state index in [1.807, 2.05) is 31.2 Å². The number of ketones is 1. The van der Waals surface area contributed by atoms with E-state index < -0.39 is 11.2 Å². The van der Waals surface area contributed by atoms with Gasteiger partial charge in [-0.3, -0.25) is 18.7 Å². The largest absolute Gasteiger partial charge is 0.358 e. The van der Waals surface area contributed by atoms with Crippen LogP contribution in [0.5, 0.6) is 0 Å². The number of H-pyrrole nitrogens is 1. The minimum Gasteiger partial charge on any atom is -0.358 e. The fraction of sp³-hybridized carbons (Fsp3) is 0.222. The van der Waals surface area contributed by atoms with Gasteiger partial charge < -0.3 is 9.55 Å². The summed E-state index contributed by atoms with van der Waals surface area (Å²) in [4.78, 5) is 45.0. The van der Waals surface area contributed by atoms with E-state index in [4.69, 9.17) is 11.6 Å². The Kier molecular flexibility index (Phi) is 3.81. The van der Waals surface area contributed by atoms with Crippen LogP contribution >= 0.6 is 11.6 Å². The Morgan fingerprint density at radius 2 is 1.89 bits per heavy atom. The van der Waals surface area contributed by atoms with E-state index in [1.165, 1.54) is 23.2 Å². The van der Waals surface area contributed by atoms with E-state index in [1.54, 1.807) is 0 Å². The zero-order valence-electron chi connectivity index (χ0n) is 14.9. The summed E-state index contributed by atoms with van der Waals surface area (Å²) >= 11 is 6.21. The van der Waals surface area contributed by atoms with Crippen LogP contribution in [-0.2, 0) is 20.6 Å². The molecule has 9 heteroatoms. The summed E-state index contributed by atoms with van der Waals surface area (Å²) in [5.41, 5.74) is 1.36. The summed E-state index contributed by atoms with van der Waals surface area (Å²) in [5, 5.41) is 0.787. The number of benzene rings is 1. The Bertz CT molecular complexity index is 1360. The number of halogens is 1. The van der Waals surface area contributed by atoms with Gasteiger partial charge in [-0.1, -0.05) is 18.2 Å². The van der Waals surface area contributed by atoms with E-state index in [2.05, 4.69) is 9.97 Å². The van der Waals surface area contributed by atoms with Crippen LogP contribution in [0.4, 0.5) is 0 Å². The Morgan fingerprint density at radius 1 is 1.19 bits per heavy atom. The molecule has 0 saturated carbocycles. The molecule has 1 aromatic carbocycles. The zero-order chi connectivity index (χ0) is 19.5. The van der Waals surface area contributed by atoms with Crippen LogP contribution in [0.2, 0.25) is 5.28 Å². The maximum Gasteiger partial charge on any atom is 0.332 e. The molecule has 0 saturated heterocycles. The lowest BCUT2D eigenvalue weighted by atomic mass is 10.1. The van der Waals surface area contributed by atoms with Crippen molar-refractivity contribution < 1.29 is 4.79 Å². The van der Waals surface area contributed by atoms with E-state index in [-0.39, 0.29) is 28.8 Å². The van der Waals surface area contributed by atoms with Crippen molar-refractivity contribution >= 4 is 39.5 Å². The predicted octanol–water partition coefficient (Wildman–Crippen LogP) is 1.76. The number of carbonyl (C=O) groups is 1. The zero-order valence-corrected chi connectivity index (χ0v) is 15.7. The van der Waals surface area contributed by atoms with Crippen molar-refractivity contribution in [1.29, 1.82) is 0 Å². The van der Waals surface area contributed by atoms with Crippen LogP contribution in [0.3, 0.4) is 0 Å². The van der Waals surface area contributed by atoms with Crippen LogP contribution in [-0.4, -0.2) is 29.5 Å². The highest BCUT2D eigenvalue weighted by Crippen LogP contribution is 2.24. The number of aromatic nitrogens is 5. The fourth-order valence-corrected chi connectivity index (χ4v) is 3.65. The van der Waals surface area contributed by atoms with Crippen molar-refractivity contribution in [2.45, 2.75) is 13.5 Å². The molecule has 0 aliphatic rings. The maximum atomic E-state index is 13.0. The number of rotatable bonds is 3. The monoisotopic (exact) mass is 385 g/mol. The van der Waals surface area contributed by atoms with Crippen LogP contribution in [0.25, 0.3) is 22.1 Å². The van der Waals surface area contributed by atoms with Gasteiger partial charge in [-0.05, 0) is 24.6 Å². The van der Waals surface area contributed by atoms with E-state index in [0.29, 0.717) is 5.56 Å². The van der Waals surface area contributed by atoms with Gasteiger partial charge in [0.25, 0.3) is 5.56 Å². The number of imidazole rings is 1. The lowest BCUT2D eigenvalue weighted by molar-refractivity contribution is 0.0974. The Labute approximate surface area is 157 Å². The minimum absolute atomic E-state index is 0.0193. The molecule has 0 aliphatic carbocycles. The van der Waals surface area contributed by atoms with Gasteiger partial charge in [-0.25, -0.2) is 4.79 Å². The first-order valence-corrected chi connectivity index (χ1v) is 8.61. The number of hydrogen-bond donors (Lipinski definition) is 1. The van der Waals surface area contributed by atoms with Gasteiger partial charge in [0.1, 0.15) is 0 Å². The second-order valence-electron chi connectivity index (χ2n) is 6.44. The number of aromatic amines is 1. The molecule has 3 heterocycles. The molecule has 3 aromatic heterocycles. The number of nitrogens with one attached hydrogen (secondary N) is 1. The Morgan fingerprint density at radius 3 is 2.63 bits per heavy atom. The van der Waals surface area contributed by atoms with Crippen molar-refractivity contribution in [3.05, 3.63) is 61.6 Å². The number of hydrogen-bond acceptors (Lipinski definition) is 4. The molecule has 0 bridgehead atoms. The fourth-order valence-electron chi connectivity index (χ4n) is 3.42. The smallest absolute Gasteiger partial charge is 0.332 e. The molecule has 27 heavy (non-hydrogen) atoms. The van der Waals surface area contributed by atoms with Gasteiger partial charge >= 0.3 is 5.69 Å². The molecule has 4 rings (SSSR count). The Hall–Kier alpha value is -3.13. The van der Waals surface area contributed by atoms with E-state index >= 15 is 0 Å². The van der Waals surface area contributed by atoms with E-state index in [9.17, 15) is 14.4 Å². The summed E-state index contributed by atoms with van der Waals surface area (Å²) in [6, 6.07) is 7.50. The Balaban J connectivity index is 1.90. The molecule has 0 spiro atoms. The average Bonchev–Trinajstić information content (AvgIpc) is 3.14. The second-order valence-corrected chi connectivity index (χ2v) is 6.78. The van der Waals surface area contributed by atoms with Crippen molar-refractivity contribution in [2.24, 2.45) is 14.1 Å². The minimum atomic E-state index is -0.545. The summed E-state index contributed by atoms with van der Waals surface area (Å²) in [6.07, 6.45) is 0. The van der Waals surface area contributed by atoms with Crippen molar-refractivity contribution in [3.8, 4) is 0 Å². The summed E-state index contributed by atoms with van der Waals surface area (Å²) < 4.78 is 3.56. The highest BCUT2D eigenvalue weighted by atomic mass is 35.5. The molecule has 0 radical (unpaired) electrons. The predicted molar refractivity (Wildman–Crippen MR) is 103 cm³/mol. The molecule has 0 atom stereocenters. The highest BCUT2D eigenvalue weighted by Gasteiger charge is 2.22. The van der Waals surface area contributed by atoms with Crippen molar-refractivity contribution in [3.63, 3.8) is 0 Å². The van der Waals surface area contributed by atoms with Crippen LogP contribution in [0.15, 0.2) is 33.9 Å². The first-order valence-electron chi connectivity index (χ1n) is 8.23. The molecule has 0 fully saturated rings. The first-order chi connectivity index (χ1) is 12.8. The lowest BCUT2D eigenvalue weighted by Crippen LogP contribution is -2.37. The van der Waals surface area contributed by atoms with Crippen molar-refractivity contribution in [2.75, 3.05) is 0 Å². The molecule has 4 aromatic rings. The number of Topliss-reactive ketones (excluding diaryl/α,β-unsaturated/α-hetero) is 1. The van der Waals surface area contributed by atoms with Crippen LogP contribution < -0.4 is 11.2 Å². The van der Waals surface area contributed by atoms with E-state index in [0.717, 1.165) is 21.2 Å². The molecule has 1 N–H and O–H groups in total. The van der Waals surface area contributed by atoms with Gasteiger partial charge in [0.2, 0.25) is 5.28 Å². The first kappa shape index (κ1) is 17.3. The van der Waals surface area contributed by atoms with Crippen molar-refractivity contribution in [1.82, 2.24) is 23.7 Å². The summed E-state index contributed by atoms with van der Waals surface area (Å²) in [5.74, 6) is -0.206. The third-order valence-corrected chi connectivity index (χ3v) is 5.06. The molecule has 0 aliphatic heterocycles. The average molecular weight is 386 g/mol. The normalized spacial score (nSPS) is 11.6. The van der Waals surface area contributed by atoms with Gasteiger partial charge in [-0.15, -0.1) is 0 Å². The highest BCUT2D eigenvalue weighted by molar-refractivity contribution is 6.29. The van der Waals surface area contributed by atoms with Gasteiger partial charge in [0.05, 0.1) is 6.54 Å². The standard InChI is InChI=1S/C18H16ClN5O3/c1-9-13(10-6-4-5-7-11(10)20-9)12(25)8-24-14-15(21-17(24)19)22(2)18(27)23(3)16(14)26/h4-7,20H,8H2,1-3H3. The second kappa shape index (κ2) is 5.95. The molecule has 138 valence electrons. The summed E-state index contributed by atoms with van der Waals surface area (Å²) in [7, 11) is 2.88. The number of carbonyl (C=O) groups excluding carboxylic acids is 1. The quantitative estimate of drug-likeness (QED) is 0.429. The van der Waals surface area contributed by atoms with Gasteiger partial charge in [0.15, 0.2) is 16.9 Å². The maximum absolute atomic E-state index is 13.0. The number of fused-ring (bicyclic) bond motifs is 2. The molecule has 0 unspecified atom stereocenters. The van der Waals surface area contributed by atoms with Crippen LogP contribution in [0, 0.1) is 6.92 Å². The third kappa shape index (κ3) is 2.44. The lowest BCUT2D eigenvalue weighted by Gasteiger charge is -2.07. The van der Waals surface area contributed by atoms with Gasteiger partial charge in [-0.2, -0.15) is 4.98 Å². The van der Waals surface area contributed by atoms with Gasteiger partial charge in [0, 0.05) is 36.3 Å². The number of para-hydroxylation sites is 1. The molecule has 0 amide bonds. The number of aryl methyl sites for hydroxylation is 2. The molecular formula is C18H16ClN5O3.